The molecule has 2 aromatic heterocycles. The van der Waals surface area contributed by atoms with E-state index in [-0.39, 0.29) is 12.0 Å². The van der Waals surface area contributed by atoms with Crippen LogP contribution in [0.2, 0.25) is 0 Å². The van der Waals surface area contributed by atoms with Crippen LogP contribution < -0.4 is 0 Å². The van der Waals surface area contributed by atoms with Gasteiger partial charge >= 0.3 is 0 Å². The number of amides is 1. The predicted octanol–water partition coefficient (Wildman–Crippen LogP) is 2.82. The van der Waals surface area contributed by atoms with Crippen molar-refractivity contribution in [2.24, 2.45) is 0 Å². The van der Waals surface area contributed by atoms with Crippen LogP contribution in [0.5, 0.6) is 0 Å². The van der Waals surface area contributed by atoms with Gasteiger partial charge in [0.2, 0.25) is 5.91 Å². The standard InChI is InChI=1S/C18H22N2O3/c21-18(9-8-16-7-4-12-22-16)20-11-3-6-17(13-20)23-14-15-5-1-2-10-19-15/h1-2,4-5,7,10,12,17H,3,6,8-9,11,13-14H2/t17-/m1/s1. The summed E-state index contributed by atoms with van der Waals surface area (Å²) in [7, 11) is 0. The number of carbonyl (C=O) groups is 1. The first-order chi connectivity index (χ1) is 11.3. The highest BCUT2D eigenvalue weighted by Gasteiger charge is 2.24. The largest absolute Gasteiger partial charge is 0.469 e. The maximum absolute atomic E-state index is 12.3. The lowest BCUT2D eigenvalue weighted by Gasteiger charge is -2.32. The first kappa shape index (κ1) is 15.7. The van der Waals surface area contributed by atoms with Crippen LogP contribution in [0.4, 0.5) is 0 Å². The quantitative estimate of drug-likeness (QED) is 0.823. The molecule has 1 fully saturated rings. The summed E-state index contributed by atoms with van der Waals surface area (Å²) in [6.07, 6.45) is 6.63. The van der Waals surface area contributed by atoms with E-state index in [4.69, 9.17) is 9.15 Å². The van der Waals surface area contributed by atoms with E-state index in [0.717, 1.165) is 30.8 Å². The third kappa shape index (κ3) is 4.66. The minimum atomic E-state index is 0.0957. The Morgan fingerprint density at radius 2 is 2.30 bits per heavy atom. The van der Waals surface area contributed by atoms with Gasteiger partial charge in [0, 0.05) is 32.1 Å². The average molecular weight is 314 g/mol. The second-order valence-electron chi connectivity index (χ2n) is 5.82. The van der Waals surface area contributed by atoms with Crippen LogP contribution in [0.15, 0.2) is 47.2 Å². The fraction of sp³-hybridized carbons (Fsp3) is 0.444. The Morgan fingerprint density at radius 1 is 1.35 bits per heavy atom. The molecule has 1 saturated heterocycles. The molecule has 3 rings (SSSR count). The Balaban J connectivity index is 1.44. The molecule has 0 aromatic carbocycles. The average Bonchev–Trinajstić information content (AvgIpc) is 3.12. The first-order valence-electron chi connectivity index (χ1n) is 8.13. The maximum Gasteiger partial charge on any atom is 0.223 e. The van der Waals surface area contributed by atoms with Gasteiger partial charge in [-0.05, 0) is 37.1 Å². The molecule has 0 spiro atoms. The van der Waals surface area contributed by atoms with Gasteiger partial charge in [-0.1, -0.05) is 6.07 Å². The first-order valence-corrected chi connectivity index (χ1v) is 8.13. The van der Waals surface area contributed by atoms with Gasteiger partial charge in [0.05, 0.1) is 24.7 Å². The molecule has 2 aromatic rings. The Morgan fingerprint density at radius 3 is 3.09 bits per heavy atom. The highest BCUT2D eigenvalue weighted by Crippen LogP contribution is 2.16. The molecule has 0 N–H and O–H groups in total. The van der Waals surface area contributed by atoms with Crippen molar-refractivity contribution in [1.29, 1.82) is 0 Å². The monoisotopic (exact) mass is 314 g/mol. The van der Waals surface area contributed by atoms with Gasteiger partial charge in [-0.15, -0.1) is 0 Å². The van der Waals surface area contributed by atoms with Crippen LogP contribution in [-0.4, -0.2) is 35.0 Å². The SMILES string of the molecule is O=C(CCc1ccco1)N1CCC[C@@H](OCc2ccccn2)C1. The van der Waals surface area contributed by atoms with Crippen molar-refractivity contribution in [3.05, 3.63) is 54.2 Å². The highest BCUT2D eigenvalue weighted by molar-refractivity contribution is 5.76. The van der Waals surface area contributed by atoms with Crippen molar-refractivity contribution < 1.29 is 13.9 Å². The number of aromatic nitrogens is 1. The summed E-state index contributed by atoms with van der Waals surface area (Å²) in [5, 5.41) is 0. The Hall–Kier alpha value is -2.14. The molecule has 0 bridgehead atoms. The molecule has 1 aliphatic rings. The normalized spacial score (nSPS) is 18.1. The number of hydrogen-bond donors (Lipinski definition) is 0. The summed E-state index contributed by atoms with van der Waals surface area (Å²) < 4.78 is 11.2. The summed E-state index contributed by atoms with van der Waals surface area (Å²) in [6, 6.07) is 9.56. The number of aryl methyl sites for hydroxylation is 1. The zero-order chi connectivity index (χ0) is 15.9. The van der Waals surface area contributed by atoms with Gasteiger partial charge in [-0.3, -0.25) is 9.78 Å². The number of likely N-dealkylation sites (tertiary alicyclic amines) is 1. The molecule has 0 radical (unpaired) electrons. The van der Waals surface area contributed by atoms with Crippen LogP contribution >= 0.6 is 0 Å². The summed E-state index contributed by atoms with van der Waals surface area (Å²) in [6.45, 7) is 1.99. The van der Waals surface area contributed by atoms with Crippen molar-refractivity contribution in [3.63, 3.8) is 0 Å². The number of pyridine rings is 1. The van der Waals surface area contributed by atoms with Gasteiger partial charge in [-0.25, -0.2) is 0 Å². The van der Waals surface area contributed by atoms with Crippen LogP contribution in [0, 0.1) is 0 Å². The van der Waals surface area contributed by atoms with E-state index in [0.29, 0.717) is 26.0 Å². The number of ether oxygens (including phenoxy) is 1. The molecule has 0 saturated carbocycles. The number of nitrogens with zero attached hydrogens (tertiary/aromatic N) is 2. The van der Waals surface area contributed by atoms with Crippen molar-refractivity contribution >= 4 is 5.91 Å². The van der Waals surface area contributed by atoms with Crippen LogP contribution in [0.3, 0.4) is 0 Å². The predicted molar refractivity (Wildman–Crippen MR) is 85.7 cm³/mol. The summed E-state index contributed by atoms with van der Waals surface area (Å²) in [4.78, 5) is 18.5. The lowest BCUT2D eigenvalue weighted by molar-refractivity contribution is -0.135. The van der Waals surface area contributed by atoms with Crippen LogP contribution in [0.1, 0.15) is 30.7 Å². The summed E-state index contributed by atoms with van der Waals surface area (Å²) >= 11 is 0. The highest BCUT2D eigenvalue weighted by atomic mass is 16.5. The number of carbonyl (C=O) groups excluding carboxylic acids is 1. The molecule has 1 atom stereocenters. The third-order valence-corrected chi connectivity index (χ3v) is 4.09. The molecule has 5 nitrogen and oxygen atoms in total. The second-order valence-corrected chi connectivity index (χ2v) is 5.82. The Kier molecular flexibility index (Phi) is 5.42. The summed E-state index contributed by atoms with van der Waals surface area (Å²) in [5.41, 5.74) is 0.925. The number of rotatable bonds is 6. The van der Waals surface area contributed by atoms with Crippen molar-refractivity contribution in [2.75, 3.05) is 13.1 Å². The molecule has 3 heterocycles. The Labute approximate surface area is 136 Å². The topological polar surface area (TPSA) is 55.6 Å². The van der Waals surface area contributed by atoms with E-state index in [1.165, 1.54) is 0 Å². The Bertz CT molecular complexity index is 598. The van der Waals surface area contributed by atoms with Gasteiger partial charge in [0.25, 0.3) is 0 Å². The smallest absolute Gasteiger partial charge is 0.223 e. The fourth-order valence-corrected chi connectivity index (χ4v) is 2.83. The van der Waals surface area contributed by atoms with E-state index in [1.807, 2.05) is 35.2 Å². The second kappa shape index (κ2) is 7.92. The molecular weight excluding hydrogens is 292 g/mol. The zero-order valence-corrected chi connectivity index (χ0v) is 13.2. The maximum atomic E-state index is 12.3. The lowest BCUT2D eigenvalue weighted by Crippen LogP contribution is -2.43. The zero-order valence-electron chi connectivity index (χ0n) is 13.2. The van der Waals surface area contributed by atoms with E-state index >= 15 is 0 Å². The summed E-state index contributed by atoms with van der Waals surface area (Å²) in [5.74, 6) is 1.03. The molecule has 0 unspecified atom stereocenters. The van der Waals surface area contributed by atoms with Crippen LogP contribution in [0.25, 0.3) is 0 Å². The van der Waals surface area contributed by atoms with E-state index in [9.17, 15) is 4.79 Å². The minimum Gasteiger partial charge on any atom is -0.469 e. The number of piperidine rings is 1. The molecular formula is C18H22N2O3. The molecule has 1 aliphatic heterocycles. The van der Waals surface area contributed by atoms with E-state index in [2.05, 4.69) is 4.98 Å². The molecule has 5 heteroatoms. The van der Waals surface area contributed by atoms with Crippen LogP contribution in [-0.2, 0) is 22.6 Å². The molecule has 1 amide bonds. The van der Waals surface area contributed by atoms with Crippen molar-refractivity contribution in [1.82, 2.24) is 9.88 Å². The van der Waals surface area contributed by atoms with Crippen molar-refractivity contribution in [3.8, 4) is 0 Å². The van der Waals surface area contributed by atoms with Gasteiger partial charge in [-0.2, -0.15) is 0 Å². The van der Waals surface area contributed by atoms with Gasteiger partial charge in [0.15, 0.2) is 0 Å². The third-order valence-electron chi connectivity index (χ3n) is 4.09. The van der Waals surface area contributed by atoms with Crippen molar-refractivity contribution in [2.45, 2.75) is 38.4 Å². The van der Waals surface area contributed by atoms with E-state index < -0.39 is 0 Å². The molecule has 0 aliphatic carbocycles. The number of furan rings is 1. The van der Waals surface area contributed by atoms with Gasteiger partial charge in [0.1, 0.15) is 5.76 Å². The van der Waals surface area contributed by atoms with E-state index in [1.54, 1.807) is 12.5 Å². The fourth-order valence-electron chi connectivity index (χ4n) is 2.83. The lowest BCUT2D eigenvalue weighted by atomic mass is 10.1. The molecule has 23 heavy (non-hydrogen) atoms. The minimum absolute atomic E-state index is 0.0957. The van der Waals surface area contributed by atoms with Gasteiger partial charge < -0.3 is 14.1 Å². The number of hydrogen-bond acceptors (Lipinski definition) is 4. The molecule has 122 valence electrons.